The summed E-state index contributed by atoms with van der Waals surface area (Å²) in [5, 5.41) is 11.3. The highest BCUT2D eigenvalue weighted by Crippen LogP contribution is 2.16. The summed E-state index contributed by atoms with van der Waals surface area (Å²) >= 11 is 3.41. The quantitative estimate of drug-likeness (QED) is 0.567. The molecule has 0 aliphatic heterocycles. The number of nitrogens with one attached hydrogen (secondary N) is 1. The third-order valence-corrected chi connectivity index (χ3v) is 3.04. The lowest BCUT2D eigenvalue weighted by molar-refractivity contribution is -0.116. The molecule has 1 aromatic carbocycles. The fourth-order valence-electron chi connectivity index (χ4n) is 1.39. The van der Waals surface area contributed by atoms with Gasteiger partial charge in [-0.1, -0.05) is 34.1 Å². The van der Waals surface area contributed by atoms with Crippen LogP contribution in [0.3, 0.4) is 0 Å². The molecule has 0 bridgehead atoms. The molecule has 1 aromatic rings. The van der Waals surface area contributed by atoms with Crippen LogP contribution in [0.25, 0.3) is 6.08 Å². The van der Waals surface area contributed by atoms with Gasteiger partial charge in [0.15, 0.2) is 0 Å². The van der Waals surface area contributed by atoms with E-state index < -0.39 is 0 Å². The van der Waals surface area contributed by atoms with E-state index in [1.807, 2.05) is 24.3 Å². The minimum atomic E-state index is -0.127. The van der Waals surface area contributed by atoms with Crippen LogP contribution in [0.2, 0.25) is 0 Å². The first kappa shape index (κ1) is 15.9. The Bertz CT molecular complexity index is 421. The van der Waals surface area contributed by atoms with Crippen molar-refractivity contribution in [2.75, 3.05) is 26.4 Å². The number of halogens is 1. The summed E-state index contributed by atoms with van der Waals surface area (Å²) in [5.74, 6) is -0.127. The van der Waals surface area contributed by atoms with Crippen LogP contribution < -0.4 is 5.32 Å². The topological polar surface area (TPSA) is 58.6 Å². The van der Waals surface area contributed by atoms with Crippen LogP contribution >= 0.6 is 15.9 Å². The summed E-state index contributed by atoms with van der Waals surface area (Å²) in [6.07, 6.45) is 4.00. The number of amides is 1. The van der Waals surface area contributed by atoms with Gasteiger partial charge in [-0.15, -0.1) is 0 Å². The third-order valence-electron chi connectivity index (χ3n) is 2.32. The van der Waals surface area contributed by atoms with Crippen LogP contribution in [0.4, 0.5) is 0 Å². The molecule has 0 spiro atoms. The molecule has 2 N–H and O–H groups in total. The second-order valence-corrected chi connectivity index (χ2v) is 4.69. The Morgan fingerprint density at radius 3 is 2.89 bits per heavy atom. The molecular formula is C14H18BrNO3. The van der Waals surface area contributed by atoms with Gasteiger partial charge >= 0.3 is 0 Å². The molecule has 0 radical (unpaired) electrons. The van der Waals surface area contributed by atoms with E-state index >= 15 is 0 Å². The van der Waals surface area contributed by atoms with E-state index in [2.05, 4.69) is 21.2 Å². The van der Waals surface area contributed by atoms with Gasteiger partial charge in [0.25, 0.3) is 0 Å². The van der Waals surface area contributed by atoms with E-state index in [-0.39, 0.29) is 12.5 Å². The van der Waals surface area contributed by atoms with Crippen LogP contribution in [-0.2, 0) is 9.53 Å². The van der Waals surface area contributed by atoms with Gasteiger partial charge in [0.2, 0.25) is 5.91 Å². The van der Waals surface area contributed by atoms with Crippen molar-refractivity contribution in [1.82, 2.24) is 5.32 Å². The zero-order valence-electron chi connectivity index (χ0n) is 10.6. The molecule has 1 rings (SSSR count). The number of aliphatic hydroxyl groups is 1. The van der Waals surface area contributed by atoms with Gasteiger partial charge in [-0.3, -0.25) is 4.79 Å². The summed E-state index contributed by atoms with van der Waals surface area (Å²) in [4.78, 5) is 11.5. The Morgan fingerprint density at radius 1 is 1.37 bits per heavy atom. The summed E-state index contributed by atoms with van der Waals surface area (Å²) in [7, 11) is 0. The molecule has 0 aromatic heterocycles. The molecule has 1 amide bonds. The molecule has 0 unspecified atom stereocenters. The van der Waals surface area contributed by atoms with Crippen molar-refractivity contribution >= 4 is 27.9 Å². The average Bonchev–Trinajstić information content (AvgIpc) is 2.42. The SMILES string of the molecule is O=C(/C=C/c1ccccc1Br)NCCCOCCO. The summed E-state index contributed by atoms with van der Waals surface area (Å²) in [5.41, 5.74) is 0.962. The maximum Gasteiger partial charge on any atom is 0.244 e. The number of aliphatic hydroxyl groups excluding tert-OH is 1. The zero-order valence-corrected chi connectivity index (χ0v) is 12.2. The number of carbonyl (C=O) groups is 1. The standard InChI is InChI=1S/C14H18BrNO3/c15-13-5-2-1-4-12(13)6-7-14(18)16-8-3-10-19-11-9-17/h1-2,4-7,17H,3,8-11H2,(H,16,18)/b7-6+. The molecule has 104 valence electrons. The monoisotopic (exact) mass is 327 g/mol. The molecular weight excluding hydrogens is 310 g/mol. The highest BCUT2D eigenvalue weighted by Gasteiger charge is 1.97. The van der Waals surface area contributed by atoms with E-state index in [0.29, 0.717) is 19.8 Å². The fourth-order valence-corrected chi connectivity index (χ4v) is 1.80. The fraction of sp³-hybridized carbons (Fsp3) is 0.357. The van der Waals surface area contributed by atoms with Gasteiger partial charge in [-0.05, 0) is 24.1 Å². The largest absolute Gasteiger partial charge is 0.394 e. The molecule has 0 saturated heterocycles. The minimum Gasteiger partial charge on any atom is -0.394 e. The molecule has 0 aliphatic carbocycles. The molecule has 0 heterocycles. The number of rotatable bonds is 8. The van der Waals surface area contributed by atoms with Crippen LogP contribution in [0, 0.1) is 0 Å². The van der Waals surface area contributed by atoms with Gasteiger partial charge in [-0.2, -0.15) is 0 Å². The van der Waals surface area contributed by atoms with Crippen LogP contribution in [0.5, 0.6) is 0 Å². The Balaban J connectivity index is 2.22. The Morgan fingerprint density at radius 2 is 2.16 bits per heavy atom. The molecule has 0 fully saturated rings. The normalized spacial score (nSPS) is 10.8. The van der Waals surface area contributed by atoms with E-state index in [1.54, 1.807) is 6.08 Å². The van der Waals surface area contributed by atoms with E-state index in [9.17, 15) is 4.79 Å². The number of hydrogen-bond donors (Lipinski definition) is 2. The van der Waals surface area contributed by atoms with E-state index in [1.165, 1.54) is 6.08 Å². The van der Waals surface area contributed by atoms with Gasteiger partial charge in [0.1, 0.15) is 0 Å². The van der Waals surface area contributed by atoms with Crippen LogP contribution in [0.15, 0.2) is 34.8 Å². The number of carbonyl (C=O) groups excluding carboxylic acids is 1. The first-order valence-corrected chi connectivity index (χ1v) is 6.92. The van der Waals surface area contributed by atoms with Crippen LogP contribution in [-0.4, -0.2) is 37.4 Å². The lowest BCUT2D eigenvalue weighted by Gasteiger charge is -2.03. The number of benzene rings is 1. The van der Waals surface area contributed by atoms with Crippen molar-refractivity contribution in [2.24, 2.45) is 0 Å². The molecule has 0 atom stereocenters. The molecule has 19 heavy (non-hydrogen) atoms. The third kappa shape index (κ3) is 7.10. The highest BCUT2D eigenvalue weighted by atomic mass is 79.9. The Hall–Kier alpha value is -1.17. The zero-order chi connectivity index (χ0) is 13.9. The minimum absolute atomic E-state index is 0.0288. The predicted octanol–water partition coefficient (Wildman–Crippen LogP) is 1.98. The van der Waals surface area contributed by atoms with Crippen molar-refractivity contribution in [3.63, 3.8) is 0 Å². The van der Waals surface area contributed by atoms with E-state index in [4.69, 9.17) is 9.84 Å². The smallest absolute Gasteiger partial charge is 0.244 e. The Kier molecular flexibility index (Phi) is 8.13. The molecule has 4 nitrogen and oxygen atoms in total. The van der Waals surface area contributed by atoms with E-state index in [0.717, 1.165) is 16.5 Å². The first-order valence-electron chi connectivity index (χ1n) is 6.13. The predicted molar refractivity (Wildman–Crippen MR) is 78.7 cm³/mol. The van der Waals surface area contributed by atoms with Crippen molar-refractivity contribution in [1.29, 1.82) is 0 Å². The number of ether oxygens (including phenoxy) is 1. The van der Waals surface area contributed by atoms with Crippen LogP contribution in [0.1, 0.15) is 12.0 Å². The van der Waals surface area contributed by atoms with Gasteiger partial charge in [0.05, 0.1) is 13.2 Å². The van der Waals surface area contributed by atoms with Gasteiger partial charge in [0, 0.05) is 23.7 Å². The van der Waals surface area contributed by atoms with Crippen molar-refractivity contribution in [2.45, 2.75) is 6.42 Å². The van der Waals surface area contributed by atoms with Gasteiger partial charge in [-0.25, -0.2) is 0 Å². The Labute approximate surface area is 121 Å². The average molecular weight is 328 g/mol. The number of hydrogen-bond acceptors (Lipinski definition) is 3. The first-order chi connectivity index (χ1) is 9.24. The summed E-state index contributed by atoms with van der Waals surface area (Å²) < 4.78 is 6.04. The second-order valence-electron chi connectivity index (χ2n) is 3.84. The summed E-state index contributed by atoms with van der Waals surface area (Å²) in [6, 6.07) is 7.70. The molecule has 0 aliphatic rings. The highest BCUT2D eigenvalue weighted by molar-refractivity contribution is 9.10. The second kappa shape index (κ2) is 9.72. The molecule has 0 saturated carbocycles. The van der Waals surface area contributed by atoms with Crippen molar-refractivity contribution < 1.29 is 14.6 Å². The lowest BCUT2D eigenvalue weighted by atomic mass is 10.2. The van der Waals surface area contributed by atoms with Crippen molar-refractivity contribution in [3.8, 4) is 0 Å². The van der Waals surface area contributed by atoms with Gasteiger partial charge < -0.3 is 15.2 Å². The lowest BCUT2D eigenvalue weighted by Crippen LogP contribution is -2.23. The maximum absolute atomic E-state index is 11.5. The maximum atomic E-state index is 11.5. The molecule has 5 heteroatoms. The van der Waals surface area contributed by atoms with Crippen molar-refractivity contribution in [3.05, 3.63) is 40.4 Å². The summed E-state index contributed by atoms with van der Waals surface area (Å²) in [6.45, 7) is 1.47.